The molecule has 0 radical (unpaired) electrons. The van der Waals surface area contributed by atoms with Crippen molar-refractivity contribution in [2.45, 2.75) is 197 Å². The average Bonchev–Trinajstić information content (AvgIpc) is 4.00. The Morgan fingerprint density at radius 2 is 1.59 bits per heavy atom. The van der Waals surface area contributed by atoms with Crippen molar-refractivity contribution in [1.82, 2.24) is 20.6 Å². The monoisotopic (exact) mass is 1090 g/mol. The van der Waals surface area contributed by atoms with Gasteiger partial charge in [-0.2, -0.15) is 5.10 Å². The number of hydrazone groups is 1. The van der Waals surface area contributed by atoms with E-state index in [4.69, 9.17) is 25.8 Å². The van der Waals surface area contributed by atoms with Crippen LogP contribution in [0.4, 0.5) is 0 Å². The predicted octanol–water partition coefficient (Wildman–Crippen LogP) is 5.82. The Kier molecular flexibility index (Phi) is 23.8. The summed E-state index contributed by atoms with van der Waals surface area (Å²) in [6.45, 7) is 2.45. The number of aromatic nitrogens is 2. The van der Waals surface area contributed by atoms with Crippen molar-refractivity contribution < 1.29 is 58.9 Å². The van der Waals surface area contributed by atoms with Gasteiger partial charge in [-0.15, -0.1) is 0 Å². The summed E-state index contributed by atoms with van der Waals surface area (Å²) in [7, 11) is 1.33. The number of methoxy groups -OCH3 is 1. The minimum Gasteiger partial charge on any atom is -0.507 e. The maximum Gasteiger partial charge on any atom is 0.243 e. The number of aromatic amines is 1. The number of carbonyl (C=O) groups is 4. The summed E-state index contributed by atoms with van der Waals surface area (Å²) < 4.78 is 17.7. The van der Waals surface area contributed by atoms with E-state index < -0.39 is 109 Å². The van der Waals surface area contributed by atoms with E-state index in [-0.39, 0.29) is 71.1 Å². The lowest BCUT2D eigenvalue weighted by atomic mass is 9.71. The number of benzene rings is 2. The van der Waals surface area contributed by atoms with Crippen molar-refractivity contribution in [2.24, 2.45) is 26.7 Å². The Bertz CT molecular complexity index is 2560. The summed E-state index contributed by atoms with van der Waals surface area (Å²) in [6, 6.07) is 2.67. The number of ketones is 2. The molecule has 7 unspecified atom stereocenters. The number of fused-ring (bicyclic) bond motifs is 3. The standard InChI is InChI=1S/C57H83N9O12/c1-4-5-6-7-8-9-10-11-12-13-14-15-16-17-18-19-20-24-45(68)65-41(25-36-29-60-33-63-36)56(74)62-31-37(66-59)30-61-34-64-44(32-67)57(75)27-39-48(43(28-57)78-46-26-40(58)51(69)35(2)77-46)55(73)50-49(53(39)71)52(70)38-22-21-23-42(76-3)47(38)54(50)72/h21-23,29-30,33,35,40-41,43,46,51,67,69,71,73,75H,4-20,24-28,31-32,34,58-59H2,1-3H3,(H,60,63)(H,62,74)(H,65,68). The molecule has 0 bridgehead atoms. The van der Waals surface area contributed by atoms with Gasteiger partial charge in [-0.1, -0.05) is 122 Å². The lowest BCUT2D eigenvalue weighted by Crippen LogP contribution is -2.53. The number of aliphatic imine (C=N–C) groups is 2. The molecule has 6 rings (SSSR count). The number of phenols is 2. The molecule has 0 saturated carbocycles. The third-order valence-electron chi connectivity index (χ3n) is 15.2. The molecular formula is C57H83N9O12. The number of ether oxygens (including phenoxy) is 3. The molecular weight excluding hydrogens is 1000 g/mol. The fourth-order valence-electron chi connectivity index (χ4n) is 10.8. The van der Waals surface area contributed by atoms with Gasteiger partial charge in [0, 0.05) is 72.9 Å². The molecule has 2 aromatic carbocycles. The fourth-order valence-corrected chi connectivity index (χ4v) is 10.8. The number of imidazole rings is 1. The van der Waals surface area contributed by atoms with E-state index in [0.717, 1.165) is 19.3 Å². The second-order valence-corrected chi connectivity index (χ2v) is 20.9. The number of nitrogens with one attached hydrogen (secondary N) is 3. The number of H-pyrrole nitrogens is 1. The molecule has 2 heterocycles. The van der Waals surface area contributed by atoms with Crippen LogP contribution in [-0.2, 0) is 31.9 Å². The number of nitrogens with zero attached hydrogens (tertiary/aromatic N) is 4. The van der Waals surface area contributed by atoms with E-state index in [2.05, 4.69) is 42.6 Å². The van der Waals surface area contributed by atoms with Crippen molar-refractivity contribution in [2.75, 3.05) is 26.9 Å². The lowest BCUT2D eigenvalue weighted by molar-refractivity contribution is -0.245. The van der Waals surface area contributed by atoms with E-state index in [0.29, 0.717) is 12.1 Å². The highest BCUT2D eigenvalue weighted by Gasteiger charge is 2.49. The largest absolute Gasteiger partial charge is 0.507 e. The van der Waals surface area contributed by atoms with Gasteiger partial charge in [0.1, 0.15) is 35.6 Å². The molecule has 21 nitrogen and oxygen atoms in total. The van der Waals surface area contributed by atoms with Gasteiger partial charge in [-0.05, 0) is 19.4 Å². The molecule has 3 aliphatic rings. The number of hydrogen-bond donors (Lipinski definition) is 10. The first-order chi connectivity index (χ1) is 37.7. The molecule has 12 N–H and O–H groups in total. The Hall–Kier alpha value is -6.10. The van der Waals surface area contributed by atoms with Crippen LogP contribution < -0.4 is 26.9 Å². The Morgan fingerprint density at radius 1 is 0.949 bits per heavy atom. The van der Waals surface area contributed by atoms with Gasteiger partial charge < -0.3 is 66.9 Å². The summed E-state index contributed by atoms with van der Waals surface area (Å²) >= 11 is 0. The fraction of sp³-hybridized carbons (Fsp3) is 0.614. The van der Waals surface area contributed by atoms with Crippen LogP contribution in [0, 0.1) is 0 Å². The number of nitrogens with two attached hydrogens (primary N) is 2. The molecule has 428 valence electrons. The van der Waals surface area contributed by atoms with Crippen LogP contribution in [-0.4, -0.2) is 140 Å². The van der Waals surface area contributed by atoms with Gasteiger partial charge in [0.2, 0.25) is 17.6 Å². The van der Waals surface area contributed by atoms with Crippen LogP contribution in [0.5, 0.6) is 17.2 Å². The summed E-state index contributed by atoms with van der Waals surface area (Å²) in [4.78, 5) is 70.5. The van der Waals surface area contributed by atoms with E-state index in [1.54, 1.807) is 13.1 Å². The van der Waals surface area contributed by atoms with Crippen LogP contribution in [0.3, 0.4) is 0 Å². The highest BCUT2D eigenvalue weighted by atomic mass is 16.7. The minimum atomic E-state index is -2.12. The maximum atomic E-state index is 14.1. The Balaban J connectivity index is 1.04. The van der Waals surface area contributed by atoms with Gasteiger partial charge in [0.05, 0.1) is 73.0 Å². The number of aliphatic hydroxyl groups excluding tert-OH is 2. The number of aliphatic hydroxyl groups is 3. The number of aromatic hydroxyl groups is 2. The van der Waals surface area contributed by atoms with Crippen molar-refractivity contribution in [1.29, 1.82) is 0 Å². The normalized spacial score (nSPS) is 21.8. The van der Waals surface area contributed by atoms with Crippen LogP contribution in [0.15, 0.2) is 45.8 Å². The average molecular weight is 1090 g/mol. The number of phenolic OH excluding ortho intramolecular Hbond substituents is 2. The van der Waals surface area contributed by atoms with E-state index >= 15 is 0 Å². The number of carbonyl (C=O) groups excluding carboxylic acids is 4. The molecule has 3 aromatic rings. The molecule has 2 aliphatic carbocycles. The first-order valence-corrected chi connectivity index (χ1v) is 28.0. The molecule has 1 aliphatic heterocycles. The van der Waals surface area contributed by atoms with Gasteiger partial charge in [-0.3, -0.25) is 29.2 Å². The summed E-state index contributed by atoms with van der Waals surface area (Å²) in [6.07, 6.45) is 20.5. The topological polar surface area (TPSA) is 339 Å². The van der Waals surface area contributed by atoms with Crippen molar-refractivity contribution in [3.05, 3.63) is 69.8 Å². The van der Waals surface area contributed by atoms with Gasteiger partial charge in [0.15, 0.2) is 12.1 Å². The SMILES string of the molecule is CCCCCCCCCCCCCCCCCCCC(=O)NC(Cc1cnc[nH]1)C(=O)NCC(C=NCN=C(CO)C1(O)Cc2c(O)c3c(c(O)c2C(OC2CC(N)C(O)C(C)O2)C1)C(=O)c1c(OC)cccc1C3=O)=NN. The van der Waals surface area contributed by atoms with Crippen LogP contribution >= 0.6 is 0 Å². The molecule has 2 amide bonds. The molecule has 78 heavy (non-hydrogen) atoms. The van der Waals surface area contributed by atoms with Crippen LogP contribution in [0.1, 0.15) is 197 Å². The third kappa shape index (κ3) is 16.0. The number of rotatable bonds is 32. The maximum absolute atomic E-state index is 14.1. The smallest absolute Gasteiger partial charge is 0.243 e. The quantitative estimate of drug-likeness (QED) is 0.00905. The Labute approximate surface area is 457 Å². The minimum absolute atomic E-state index is 0.0181. The molecule has 1 aromatic heterocycles. The van der Waals surface area contributed by atoms with Gasteiger partial charge in [-0.25, -0.2) is 4.98 Å². The van der Waals surface area contributed by atoms with Crippen LogP contribution in [0.25, 0.3) is 0 Å². The second kappa shape index (κ2) is 30.3. The van der Waals surface area contributed by atoms with E-state index in [9.17, 15) is 44.7 Å². The van der Waals surface area contributed by atoms with Crippen molar-refractivity contribution in [3.63, 3.8) is 0 Å². The van der Waals surface area contributed by atoms with Crippen molar-refractivity contribution >= 4 is 41.0 Å². The highest BCUT2D eigenvalue weighted by Crippen LogP contribution is 2.52. The molecule has 0 spiro atoms. The molecule has 1 fully saturated rings. The number of amides is 2. The molecule has 21 heteroatoms. The van der Waals surface area contributed by atoms with E-state index in [1.165, 1.54) is 121 Å². The summed E-state index contributed by atoms with van der Waals surface area (Å²) in [5.41, 5.74) is 3.23. The Morgan fingerprint density at radius 3 is 2.18 bits per heavy atom. The van der Waals surface area contributed by atoms with E-state index in [1.807, 2.05) is 0 Å². The molecule has 1 saturated heterocycles. The molecule has 7 atom stereocenters. The number of unbranched alkanes of at least 4 members (excludes halogenated alkanes) is 16. The van der Waals surface area contributed by atoms with Gasteiger partial charge >= 0.3 is 0 Å². The number of hydrogen-bond acceptors (Lipinski definition) is 18. The first kappa shape index (κ1) is 61.1. The van der Waals surface area contributed by atoms with Gasteiger partial charge in [0.25, 0.3) is 0 Å². The lowest BCUT2D eigenvalue weighted by Gasteiger charge is -2.43. The second-order valence-electron chi connectivity index (χ2n) is 20.9. The van der Waals surface area contributed by atoms with Crippen molar-refractivity contribution in [3.8, 4) is 17.2 Å². The summed E-state index contributed by atoms with van der Waals surface area (Å²) in [5, 5.41) is 66.9. The first-order valence-electron chi connectivity index (χ1n) is 28.0. The van der Waals surface area contributed by atoms with Crippen LogP contribution in [0.2, 0.25) is 0 Å². The predicted molar refractivity (Wildman–Crippen MR) is 295 cm³/mol. The summed E-state index contributed by atoms with van der Waals surface area (Å²) in [5.74, 6) is 2.09. The zero-order valence-corrected chi connectivity index (χ0v) is 45.6. The zero-order chi connectivity index (χ0) is 56.2. The third-order valence-corrected chi connectivity index (χ3v) is 15.2. The zero-order valence-electron chi connectivity index (χ0n) is 45.6. The highest BCUT2D eigenvalue weighted by molar-refractivity contribution is 6.32.